The number of hydrogen-bond donors (Lipinski definition) is 0. The van der Waals surface area contributed by atoms with E-state index in [-0.39, 0.29) is 5.41 Å². The van der Waals surface area contributed by atoms with Gasteiger partial charge in [0, 0.05) is 36.4 Å². The van der Waals surface area contributed by atoms with E-state index in [0.29, 0.717) is 37.9 Å². The van der Waals surface area contributed by atoms with Gasteiger partial charge in [0.05, 0.1) is 5.52 Å². The standard InChI is InChI=1S/C12H10.C11H16.3C10H8.C10H14.C9H7N.C8H6N2.C7H8.C5H5N.6C5H12/c1-3-7-11(8-4-1)12-9-5-2-6-10-12;1-9-5-7-10(8-6-9)11(2,3)4;3*1-2-6-10-8-4-3-7-9(10)5-1;1-10(2,3)9-7-5-4-6-8-9;1-2-4-9-7-10-6-5-8(9)3-1;1-2-4-8-7(3-1)5-9-6-10-8;1-7-5-3-2-4-6-7;1-2-4-6-5-3-1;6*1-5(2,3)4/h1-10H;5-8H,1-4H3;3*1-8H;4-8H,1-3H3;1-7H;1-6H;2-6H,1H3;1-5H;6*1-4H3. The quantitative estimate of drug-likeness (QED) is 0.164. The Bertz CT molecular complexity index is 4380. The van der Waals surface area contributed by atoms with Crippen LogP contribution in [0.5, 0.6) is 0 Å². The maximum absolute atomic E-state index is 4.07. The summed E-state index contributed by atoms with van der Waals surface area (Å²) in [6, 6.07) is 124. The van der Waals surface area contributed by atoms with Gasteiger partial charge in [-0.2, -0.15) is 0 Å². The van der Waals surface area contributed by atoms with Crippen molar-refractivity contribution in [2.24, 2.45) is 32.5 Å². The molecule has 0 bridgehead atoms. The summed E-state index contributed by atoms with van der Waals surface area (Å²) in [4.78, 5) is 15.8. The fraction of sp³-hybridized carbons (Fsp3) is 0.328. The molecule has 0 aliphatic rings. The van der Waals surface area contributed by atoms with Crippen LogP contribution in [0.4, 0.5) is 0 Å². The van der Waals surface area contributed by atoms with Crippen molar-refractivity contribution in [2.75, 3.05) is 0 Å². The first-order valence-corrected chi connectivity index (χ1v) is 44.6. The summed E-state index contributed by atoms with van der Waals surface area (Å²) >= 11 is 0. The van der Waals surface area contributed by atoms with Crippen molar-refractivity contribution in [3.63, 3.8) is 0 Å². The number of pyridine rings is 2. The van der Waals surface area contributed by atoms with Gasteiger partial charge < -0.3 is 0 Å². The molecule has 126 heavy (non-hydrogen) atoms. The lowest BCUT2D eigenvalue weighted by Crippen LogP contribution is -2.10. The van der Waals surface area contributed by atoms with Crippen LogP contribution in [-0.2, 0) is 10.8 Å². The Balaban J connectivity index is 0.000000679. The summed E-state index contributed by atoms with van der Waals surface area (Å²) in [6.45, 7) is 70.1. The number of rotatable bonds is 1. The van der Waals surface area contributed by atoms with Gasteiger partial charge in [-0.25, -0.2) is 9.97 Å². The van der Waals surface area contributed by atoms with Gasteiger partial charge >= 0.3 is 0 Å². The van der Waals surface area contributed by atoms with Crippen molar-refractivity contribution in [1.82, 2.24) is 19.9 Å². The van der Waals surface area contributed by atoms with Gasteiger partial charge in [-0.05, 0) is 147 Å². The van der Waals surface area contributed by atoms with Gasteiger partial charge in [-0.3, -0.25) is 9.97 Å². The highest BCUT2D eigenvalue weighted by Crippen LogP contribution is 2.24. The van der Waals surface area contributed by atoms with Crippen LogP contribution in [0.15, 0.2) is 401 Å². The number of para-hydroxylation sites is 1. The Morgan fingerprint density at radius 1 is 0.167 bits per heavy atom. The Labute approximate surface area is 768 Å². The maximum atomic E-state index is 4.07. The lowest BCUT2D eigenvalue weighted by molar-refractivity contribution is 0.469. The van der Waals surface area contributed by atoms with E-state index >= 15 is 0 Å². The lowest BCUT2D eigenvalue weighted by atomic mass is 9.87. The van der Waals surface area contributed by atoms with Gasteiger partial charge in [0.25, 0.3) is 0 Å². The Morgan fingerprint density at radius 3 is 0.611 bits per heavy atom. The molecular weight excluding hydrogens is 1520 g/mol. The smallest absolute Gasteiger partial charge is 0.116 e. The molecule has 3 aromatic heterocycles. The molecule has 0 atom stereocenters. The first-order chi connectivity index (χ1) is 58.8. The van der Waals surface area contributed by atoms with Crippen LogP contribution in [0.2, 0.25) is 0 Å². The molecule has 3 heterocycles. The van der Waals surface area contributed by atoms with Gasteiger partial charge in [0.15, 0.2) is 0 Å². The van der Waals surface area contributed by atoms with Crippen LogP contribution in [-0.4, -0.2) is 19.9 Å². The summed E-state index contributed by atoms with van der Waals surface area (Å²) in [5.74, 6) is 0. The molecule has 0 amide bonds. The van der Waals surface area contributed by atoms with E-state index < -0.39 is 0 Å². The summed E-state index contributed by atoms with van der Waals surface area (Å²) in [5.41, 5.74) is 12.6. The van der Waals surface area contributed by atoms with Crippen LogP contribution in [0, 0.1) is 46.3 Å². The largest absolute Gasteiger partial charge is 0.265 e. The predicted molar refractivity (Wildman–Crippen MR) is 566 cm³/mol. The van der Waals surface area contributed by atoms with Gasteiger partial charge in [0.1, 0.15) is 6.33 Å². The second-order valence-corrected chi connectivity index (χ2v) is 42.5. The number of hydrogen-bond acceptors (Lipinski definition) is 4. The number of benzene rings is 13. The monoisotopic (exact) mass is 1680 g/mol. The van der Waals surface area contributed by atoms with E-state index in [0.717, 1.165) is 10.9 Å². The summed E-state index contributed by atoms with van der Waals surface area (Å²) in [6.07, 6.45) is 10.5. The highest BCUT2D eigenvalue weighted by molar-refractivity contribution is 5.84. The van der Waals surface area contributed by atoms with Gasteiger partial charge in [-0.1, -0.05) is 559 Å². The molecule has 13 aromatic carbocycles. The van der Waals surface area contributed by atoms with Crippen LogP contribution in [0.1, 0.15) is 230 Å². The zero-order valence-corrected chi connectivity index (χ0v) is 83.9. The van der Waals surface area contributed by atoms with Gasteiger partial charge in [-0.15, -0.1) is 0 Å². The first kappa shape index (κ1) is 113. The fourth-order valence-electron chi connectivity index (χ4n) is 9.45. The molecule has 0 unspecified atom stereocenters. The molecule has 16 rings (SSSR count). The van der Waals surface area contributed by atoms with E-state index in [2.05, 4.69) is 514 Å². The molecule has 4 nitrogen and oxygen atoms in total. The zero-order valence-electron chi connectivity index (χ0n) is 83.9. The van der Waals surface area contributed by atoms with E-state index in [1.165, 1.54) is 76.5 Å². The Morgan fingerprint density at radius 2 is 0.381 bits per heavy atom. The highest BCUT2D eigenvalue weighted by Gasteiger charge is 2.13. The predicted octanol–water partition coefficient (Wildman–Crippen LogP) is 37.4. The minimum atomic E-state index is 0.285. The molecule has 0 aliphatic carbocycles. The molecule has 0 radical (unpaired) electrons. The van der Waals surface area contributed by atoms with Crippen LogP contribution >= 0.6 is 0 Å². The first-order valence-electron chi connectivity index (χ1n) is 44.6. The summed E-state index contributed by atoms with van der Waals surface area (Å²) in [5, 5.41) is 11.4. The Hall–Kier alpha value is -11.5. The minimum Gasteiger partial charge on any atom is -0.265 e. The lowest BCUT2D eigenvalue weighted by Gasteiger charge is -2.18. The second kappa shape index (κ2) is 60.2. The van der Waals surface area contributed by atoms with Crippen LogP contribution in [0.25, 0.3) is 65.1 Å². The molecule has 0 N–H and O–H groups in total. The van der Waals surface area contributed by atoms with Crippen LogP contribution < -0.4 is 0 Å². The van der Waals surface area contributed by atoms with E-state index in [4.69, 9.17) is 0 Å². The van der Waals surface area contributed by atoms with Crippen molar-refractivity contribution in [1.29, 1.82) is 0 Å². The summed E-state index contributed by atoms with van der Waals surface area (Å²) in [7, 11) is 0. The highest BCUT2D eigenvalue weighted by atomic mass is 14.8. The molecule has 16 aromatic rings. The fourth-order valence-corrected chi connectivity index (χ4v) is 9.45. The van der Waals surface area contributed by atoms with Crippen molar-refractivity contribution in [2.45, 2.75) is 232 Å². The average molecular weight is 1680 g/mol. The number of aryl methyl sites for hydroxylation is 2. The summed E-state index contributed by atoms with van der Waals surface area (Å²) < 4.78 is 0. The maximum Gasteiger partial charge on any atom is 0.116 e. The number of aromatic nitrogens is 4. The van der Waals surface area contributed by atoms with Crippen molar-refractivity contribution >= 4 is 54.0 Å². The molecule has 0 aliphatic heterocycles. The molecular formula is C122H162N4. The Kier molecular flexibility index (Phi) is 53.8. The molecule has 0 saturated carbocycles. The SMILES string of the molecule is CC(C)(C)C.CC(C)(C)C.CC(C)(C)C.CC(C)(C)C.CC(C)(C)C.CC(C)(C)C.CC(C)(C)c1ccccc1.Cc1ccc(C(C)(C)C)cc1.Cc1ccccc1.c1ccc(-c2ccccc2)cc1.c1ccc2ccccc2c1.c1ccc2ccccc2c1.c1ccc2ccccc2c1.c1ccc2cnccc2c1.c1ccc2ncncc2c1.c1ccncc1. The minimum absolute atomic E-state index is 0.285. The topological polar surface area (TPSA) is 51.6 Å². The van der Waals surface area contributed by atoms with Crippen molar-refractivity contribution in [3.05, 3.63) is 424 Å². The molecule has 670 valence electrons. The normalized spacial score (nSPS) is 10.5. The third-order valence-electron chi connectivity index (χ3n) is 14.9. The zero-order chi connectivity index (χ0) is 94.7. The van der Waals surface area contributed by atoms with Crippen molar-refractivity contribution < 1.29 is 0 Å². The van der Waals surface area contributed by atoms with E-state index in [1.54, 1.807) is 18.7 Å². The second-order valence-electron chi connectivity index (χ2n) is 42.5. The van der Waals surface area contributed by atoms with Crippen LogP contribution in [0.3, 0.4) is 0 Å². The molecule has 0 fully saturated rings. The van der Waals surface area contributed by atoms with E-state index in [1.807, 2.05) is 110 Å². The molecule has 0 spiro atoms. The van der Waals surface area contributed by atoms with Crippen molar-refractivity contribution in [3.8, 4) is 11.1 Å². The third-order valence-corrected chi connectivity index (χ3v) is 14.9. The average Bonchev–Trinajstić information content (AvgIpc) is 0.900. The number of fused-ring (bicyclic) bond motifs is 5. The van der Waals surface area contributed by atoms with Gasteiger partial charge in [0.2, 0.25) is 0 Å². The van der Waals surface area contributed by atoms with E-state index in [9.17, 15) is 0 Å². The molecule has 0 saturated heterocycles. The third kappa shape index (κ3) is 68.9. The number of nitrogens with zero attached hydrogens (tertiary/aromatic N) is 4. The molecule has 4 heteroatoms.